The molecule has 0 saturated heterocycles. The molecule has 0 radical (unpaired) electrons. The quantitative estimate of drug-likeness (QED) is 0.272. The number of hydrogen-bond donors (Lipinski definition) is 2. The van der Waals surface area contributed by atoms with E-state index in [1.54, 1.807) is 11.8 Å². The van der Waals surface area contributed by atoms with Crippen LogP contribution in [0.2, 0.25) is 0 Å². The molecule has 10 heteroatoms. The van der Waals surface area contributed by atoms with Gasteiger partial charge in [0.1, 0.15) is 7.60 Å². The van der Waals surface area contributed by atoms with Gasteiger partial charge in [-0.3, -0.25) is 4.79 Å². The zero-order chi connectivity index (χ0) is 20.4. The Kier molecular flexibility index (Phi) is 16.9. The van der Waals surface area contributed by atoms with E-state index in [4.69, 9.17) is 4.74 Å². The molecule has 0 spiro atoms. The van der Waals surface area contributed by atoms with E-state index < -0.39 is 13.7 Å². The van der Waals surface area contributed by atoms with Crippen LogP contribution in [0.4, 0.5) is 4.79 Å². The minimum absolute atomic E-state index is 0.0864. The molecule has 1 unspecified atom stereocenters. The van der Waals surface area contributed by atoms with Crippen LogP contribution in [0.25, 0.3) is 0 Å². The number of ether oxygens (including phenoxy) is 1. The summed E-state index contributed by atoms with van der Waals surface area (Å²) in [5, 5.41) is 5.56. The van der Waals surface area contributed by atoms with Crippen molar-refractivity contribution in [2.24, 2.45) is 0 Å². The van der Waals surface area contributed by atoms with Crippen molar-refractivity contribution in [1.29, 1.82) is 0 Å². The molecule has 2 N–H and O–H groups in total. The molecular formula is C17H34N2O6PS-. The standard InChI is InChI=1S/C17H35N2O6PS/c1-26(22,23)25-14-9-4-3-6-12-19-17(21)24-13-8-5-7-11-18-16(20)10-15-27-2/h3-15H2,1-2H3,(H,18,20)(H,19,21)(H,22,23)/p-1. The Bertz CT molecular complexity index is 447. The molecule has 160 valence electrons. The van der Waals surface area contributed by atoms with Crippen molar-refractivity contribution >= 4 is 31.4 Å². The second-order valence-electron chi connectivity index (χ2n) is 6.23. The molecular weight excluding hydrogens is 391 g/mol. The van der Waals surface area contributed by atoms with Crippen molar-refractivity contribution in [3.8, 4) is 0 Å². The van der Waals surface area contributed by atoms with Crippen LogP contribution in [0.15, 0.2) is 0 Å². The Hall–Kier alpha value is -0.760. The Morgan fingerprint density at radius 1 is 0.963 bits per heavy atom. The average Bonchev–Trinajstić information content (AvgIpc) is 2.60. The molecule has 0 saturated carbocycles. The van der Waals surface area contributed by atoms with Crippen LogP contribution in [-0.4, -0.2) is 57.0 Å². The van der Waals surface area contributed by atoms with Gasteiger partial charge >= 0.3 is 6.09 Å². The van der Waals surface area contributed by atoms with Gasteiger partial charge in [-0.05, 0) is 38.4 Å². The summed E-state index contributed by atoms with van der Waals surface area (Å²) in [6.45, 7) is 2.85. The van der Waals surface area contributed by atoms with E-state index in [0.717, 1.165) is 50.9 Å². The van der Waals surface area contributed by atoms with Crippen LogP contribution >= 0.6 is 19.4 Å². The Labute approximate surface area is 167 Å². The second kappa shape index (κ2) is 17.3. The lowest BCUT2D eigenvalue weighted by Gasteiger charge is -2.17. The number of nitrogens with one attached hydrogen (secondary N) is 2. The highest BCUT2D eigenvalue weighted by atomic mass is 32.2. The number of alkyl carbamates (subject to hydrolysis) is 1. The fraction of sp³-hybridized carbons (Fsp3) is 0.882. The maximum Gasteiger partial charge on any atom is 0.407 e. The van der Waals surface area contributed by atoms with Gasteiger partial charge in [-0.15, -0.1) is 0 Å². The molecule has 0 heterocycles. The molecule has 0 rings (SSSR count). The van der Waals surface area contributed by atoms with Crippen LogP contribution in [0.3, 0.4) is 0 Å². The van der Waals surface area contributed by atoms with Gasteiger partial charge < -0.3 is 29.4 Å². The number of rotatable bonds is 17. The highest BCUT2D eigenvalue weighted by Gasteiger charge is 2.02. The van der Waals surface area contributed by atoms with Gasteiger partial charge in [0.2, 0.25) is 5.91 Å². The van der Waals surface area contributed by atoms with E-state index in [1.807, 2.05) is 6.26 Å². The summed E-state index contributed by atoms with van der Waals surface area (Å²) in [6, 6.07) is 0. The van der Waals surface area contributed by atoms with Gasteiger partial charge in [0.05, 0.1) is 13.2 Å². The van der Waals surface area contributed by atoms with E-state index in [2.05, 4.69) is 15.2 Å². The topological polar surface area (TPSA) is 117 Å². The van der Waals surface area contributed by atoms with Crippen LogP contribution < -0.4 is 15.5 Å². The molecule has 0 aliphatic rings. The van der Waals surface area contributed by atoms with Gasteiger partial charge in [0, 0.05) is 31.9 Å². The number of amides is 2. The molecule has 0 fully saturated rings. The predicted octanol–water partition coefficient (Wildman–Crippen LogP) is 2.51. The number of hydrogen-bond acceptors (Lipinski definition) is 7. The van der Waals surface area contributed by atoms with E-state index in [-0.39, 0.29) is 12.5 Å². The third kappa shape index (κ3) is 21.4. The van der Waals surface area contributed by atoms with E-state index in [1.165, 1.54) is 0 Å². The number of carbonyl (C=O) groups excluding carboxylic acids is 2. The van der Waals surface area contributed by atoms with E-state index in [0.29, 0.717) is 32.5 Å². The zero-order valence-corrected chi connectivity index (χ0v) is 18.2. The molecule has 0 aliphatic carbocycles. The third-order valence-electron chi connectivity index (χ3n) is 3.58. The summed E-state index contributed by atoms with van der Waals surface area (Å²) < 4.78 is 20.5. The first-order valence-electron chi connectivity index (χ1n) is 9.44. The van der Waals surface area contributed by atoms with Gasteiger partial charge in [0.15, 0.2) is 0 Å². The lowest BCUT2D eigenvalue weighted by atomic mass is 10.2. The van der Waals surface area contributed by atoms with Crippen molar-refractivity contribution in [3.05, 3.63) is 0 Å². The molecule has 8 nitrogen and oxygen atoms in total. The minimum atomic E-state index is -3.61. The summed E-state index contributed by atoms with van der Waals surface area (Å²) in [5.41, 5.74) is 0. The van der Waals surface area contributed by atoms with Crippen LogP contribution in [0.1, 0.15) is 51.4 Å². The largest absolute Gasteiger partial charge is 0.779 e. The van der Waals surface area contributed by atoms with Crippen molar-refractivity contribution in [2.75, 3.05) is 45.0 Å². The smallest absolute Gasteiger partial charge is 0.407 e. The molecule has 0 aromatic heterocycles. The fourth-order valence-corrected chi connectivity index (χ4v) is 2.98. The second-order valence-corrected chi connectivity index (χ2v) is 9.02. The van der Waals surface area contributed by atoms with E-state index >= 15 is 0 Å². The monoisotopic (exact) mass is 425 g/mol. The molecule has 0 aliphatic heterocycles. The maximum absolute atomic E-state index is 11.5. The van der Waals surface area contributed by atoms with Gasteiger partial charge in [-0.25, -0.2) is 4.79 Å². The first kappa shape index (κ1) is 26.2. The van der Waals surface area contributed by atoms with Crippen molar-refractivity contribution in [3.63, 3.8) is 0 Å². The van der Waals surface area contributed by atoms with Crippen molar-refractivity contribution < 1.29 is 28.3 Å². The summed E-state index contributed by atoms with van der Waals surface area (Å²) in [6.07, 6.45) is 7.89. The molecule has 0 aromatic rings. The normalized spacial score (nSPS) is 13.0. The molecule has 0 aromatic carbocycles. The van der Waals surface area contributed by atoms with Gasteiger partial charge in [-0.2, -0.15) is 11.8 Å². The summed E-state index contributed by atoms with van der Waals surface area (Å²) in [7, 11) is -3.61. The predicted molar refractivity (Wildman–Crippen MR) is 107 cm³/mol. The fourth-order valence-electron chi connectivity index (χ4n) is 2.13. The number of thioether (sulfide) groups is 1. The first-order chi connectivity index (χ1) is 12.8. The van der Waals surface area contributed by atoms with Crippen LogP contribution in [0, 0.1) is 0 Å². The van der Waals surface area contributed by atoms with Crippen molar-refractivity contribution in [2.45, 2.75) is 51.4 Å². The Balaban J connectivity index is 3.31. The highest BCUT2D eigenvalue weighted by Crippen LogP contribution is 2.30. The molecule has 1 atom stereocenters. The lowest BCUT2D eigenvalue weighted by Crippen LogP contribution is -2.26. The Morgan fingerprint density at radius 2 is 1.56 bits per heavy atom. The summed E-state index contributed by atoms with van der Waals surface area (Å²) in [4.78, 5) is 33.7. The van der Waals surface area contributed by atoms with E-state index in [9.17, 15) is 19.0 Å². The summed E-state index contributed by atoms with van der Waals surface area (Å²) in [5.74, 6) is 0.926. The van der Waals surface area contributed by atoms with Gasteiger partial charge in [0.25, 0.3) is 0 Å². The van der Waals surface area contributed by atoms with Crippen molar-refractivity contribution in [1.82, 2.24) is 10.6 Å². The molecule has 2 amide bonds. The van der Waals surface area contributed by atoms with Crippen LogP contribution in [0.5, 0.6) is 0 Å². The van der Waals surface area contributed by atoms with Crippen LogP contribution in [-0.2, 0) is 18.6 Å². The number of unbranched alkanes of at least 4 members (excludes halogenated alkanes) is 5. The summed E-state index contributed by atoms with van der Waals surface area (Å²) >= 11 is 1.65. The average molecular weight is 426 g/mol. The van der Waals surface area contributed by atoms with Gasteiger partial charge in [-0.1, -0.05) is 12.8 Å². The SMILES string of the molecule is CSCCC(=O)NCCCCCOC(=O)NCCCCCCOP(C)(=O)[O-]. The maximum atomic E-state index is 11.5. The Morgan fingerprint density at radius 3 is 2.22 bits per heavy atom. The third-order valence-corrected chi connectivity index (χ3v) is 4.84. The zero-order valence-electron chi connectivity index (χ0n) is 16.5. The lowest BCUT2D eigenvalue weighted by molar-refractivity contribution is -0.196. The highest BCUT2D eigenvalue weighted by molar-refractivity contribution is 7.98. The molecule has 27 heavy (non-hydrogen) atoms. The first-order valence-corrected chi connectivity index (χ1v) is 12.8. The molecule has 0 bridgehead atoms. The minimum Gasteiger partial charge on any atom is -0.779 e. The number of carbonyl (C=O) groups is 2.